The summed E-state index contributed by atoms with van der Waals surface area (Å²) in [6.07, 6.45) is 10.8. The van der Waals surface area contributed by atoms with Crippen LogP contribution in [0.1, 0.15) is 91.4 Å². The van der Waals surface area contributed by atoms with Gasteiger partial charge < -0.3 is 15.2 Å². The second-order valence-electron chi connectivity index (χ2n) is 13.4. The standard InChI is InChI=1S/C29H47N3O5.ClH/c1-19(34)37-22-6-5-15-32(17-22)31(4)26(35)25-11-14-29(30)24-8-7-20-16-21(36-18-33)9-12-27(20,2)23(24)10-13-28(25,29)3;/h18,20-25H,5-17,30H2,1-4H3;1H/t20?,21?,22?,23-,24+,25?,27-,28+,29?;/m0./s1. The molecule has 0 aromatic heterocycles. The Balaban J connectivity index is 0.00000336. The number of carbonyl (C=O) groups excluding carboxylic acids is 3. The molecule has 9 heteroatoms. The number of fused-ring (bicyclic) bond motifs is 5. The molecule has 5 fully saturated rings. The van der Waals surface area contributed by atoms with Gasteiger partial charge in [-0.1, -0.05) is 13.8 Å². The molecule has 0 radical (unpaired) electrons. The number of ether oxygens (including phenoxy) is 2. The third kappa shape index (κ3) is 4.66. The molecule has 1 saturated heterocycles. The third-order valence-corrected chi connectivity index (χ3v) is 11.9. The molecule has 5 aliphatic rings. The number of hydrogen-bond donors (Lipinski definition) is 1. The van der Waals surface area contributed by atoms with Crippen molar-refractivity contribution in [2.24, 2.45) is 40.2 Å². The van der Waals surface area contributed by atoms with E-state index in [2.05, 4.69) is 18.9 Å². The molecule has 1 amide bonds. The van der Waals surface area contributed by atoms with E-state index >= 15 is 0 Å². The molecule has 0 bridgehead atoms. The van der Waals surface area contributed by atoms with E-state index in [4.69, 9.17) is 15.2 Å². The number of hydrazine groups is 1. The lowest BCUT2D eigenvalue weighted by molar-refractivity contribution is -0.172. The van der Waals surface area contributed by atoms with E-state index in [0.29, 0.717) is 30.8 Å². The summed E-state index contributed by atoms with van der Waals surface area (Å²) in [4.78, 5) is 36.4. The monoisotopic (exact) mass is 553 g/mol. The van der Waals surface area contributed by atoms with Crippen LogP contribution in [0.25, 0.3) is 0 Å². The first-order chi connectivity index (χ1) is 17.5. The Bertz CT molecular complexity index is 921. The Kier molecular flexibility index (Phi) is 8.48. The van der Waals surface area contributed by atoms with Gasteiger partial charge in [-0.15, -0.1) is 12.4 Å². The van der Waals surface area contributed by atoms with E-state index in [1.54, 1.807) is 0 Å². The van der Waals surface area contributed by atoms with Gasteiger partial charge >= 0.3 is 5.97 Å². The molecule has 0 aromatic rings. The first-order valence-electron chi connectivity index (χ1n) is 14.6. The van der Waals surface area contributed by atoms with Crippen molar-refractivity contribution in [2.45, 2.75) is 109 Å². The van der Waals surface area contributed by atoms with E-state index in [-0.39, 0.29) is 58.8 Å². The topological polar surface area (TPSA) is 102 Å². The molecule has 216 valence electrons. The van der Waals surface area contributed by atoms with Crippen molar-refractivity contribution in [3.8, 4) is 0 Å². The minimum absolute atomic E-state index is 0. The number of nitrogens with zero attached hydrogens (tertiary/aromatic N) is 2. The van der Waals surface area contributed by atoms with Crippen LogP contribution in [0.15, 0.2) is 0 Å². The van der Waals surface area contributed by atoms with Crippen molar-refractivity contribution in [2.75, 3.05) is 20.1 Å². The van der Waals surface area contributed by atoms with Crippen molar-refractivity contribution in [3.63, 3.8) is 0 Å². The maximum atomic E-state index is 14.0. The van der Waals surface area contributed by atoms with Crippen LogP contribution in [0, 0.1) is 34.5 Å². The van der Waals surface area contributed by atoms with Crippen LogP contribution in [0.4, 0.5) is 0 Å². The van der Waals surface area contributed by atoms with Gasteiger partial charge in [0.25, 0.3) is 6.47 Å². The fourth-order valence-corrected chi connectivity index (χ4v) is 9.77. The number of carbonyl (C=O) groups is 3. The number of esters is 1. The maximum absolute atomic E-state index is 14.0. The van der Waals surface area contributed by atoms with Crippen molar-refractivity contribution in [1.82, 2.24) is 10.0 Å². The first kappa shape index (κ1) is 29.6. The van der Waals surface area contributed by atoms with Gasteiger partial charge in [-0.25, -0.2) is 5.01 Å². The Hall–Kier alpha value is -1.38. The summed E-state index contributed by atoms with van der Waals surface area (Å²) in [6, 6.07) is 0. The molecule has 4 saturated carbocycles. The Labute approximate surface area is 234 Å². The summed E-state index contributed by atoms with van der Waals surface area (Å²) in [6.45, 7) is 8.21. The summed E-state index contributed by atoms with van der Waals surface area (Å²) < 4.78 is 10.8. The number of halogens is 1. The van der Waals surface area contributed by atoms with E-state index in [1.807, 2.05) is 12.1 Å². The van der Waals surface area contributed by atoms with Crippen LogP contribution in [-0.4, -0.2) is 66.3 Å². The molecule has 4 aliphatic carbocycles. The van der Waals surface area contributed by atoms with Crippen LogP contribution in [-0.2, 0) is 23.9 Å². The fourth-order valence-electron chi connectivity index (χ4n) is 9.77. The van der Waals surface area contributed by atoms with E-state index < -0.39 is 0 Å². The molecular weight excluding hydrogens is 506 g/mol. The predicted molar refractivity (Wildman–Crippen MR) is 146 cm³/mol. The normalized spacial score (nSPS) is 44.4. The lowest BCUT2D eigenvalue weighted by Gasteiger charge is -2.64. The molecule has 2 N–H and O–H groups in total. The maximum Gasteiger partial charge on any atom is 0.302 e. The van der Waals surface area contributed by atoms with Gasteiger partial charge in [0.05, 0.1) is 6.54 Å². The molecule has 0 spiro atoms. The summed E-state index contributed by atoms with van der Waals surface area (Å²) in [7, 11) is 1.88. The third-order valence-electron chi connectivity index (χ3n) is 11.9. The highest BCUT2D eigenvalue weighted by Crippen LogP contribution is 2.68. The highest BCUT2D eigenvalue weighted by molar-refractivity contribution is 5.85. The quantitative estimate of drug-likeness (QED) is 0.404. The average Bonchev–Trinajstić information content (AvgIpc) is 3.14. The highest BCUT2D eigenvalue weighted by atomic mass is 35.5. The van der Waals surface area contributed by atoms with Gasteiger partial charge in [0, 0.05) is 32.0 Å². The average molecular weight is 554 g/mol. The van der Waals surface area contributed by atoms with E-state index in [0.717, 1.165) is 77.2 Å². The number of nitrogens with two attached hydrogens (primary N) is 1. The van der Waals surface area contributed by atoms with Crippen molar-refractivity contribution >= 4 is 30.8 Å². The fraction of sp³-hybridized carbons (Fsp3) is 0.897. The molecule has 1 heterocycles. The zero-order chi connectivity index (χ0) is 26.6. The van der Waals surface area contributed by atoms with Crippen LogP contribution in [0.5, 0.6) is 0 Å². The highest BCUT2D eigenvalue weighted by Gasteiger charge is 2.67. The van der Waals surface area contributed by atoms with Crippen LogP contribution >= 0.6 is 12.4 Å². The molecule has 5 rings (SSSR count). The van der Waals surface area contributed by atoms with Crippen LogP contribution in [0.2, 0.25) is 0 Å². The second-order valence-corrected chi connectivity index (χ2v) is 13.4. The SMILES string of the molecule is CC(=O)OC1CCCN(N(C)C(=O)C2CCC3(N)[C@@H]4CCC5CC(OC=O)CC[C@]5(C)[C@H]4CC[C@]23C)C1.Cl. The van der Waals surface area contributed by atoms with E-state index in [9.17, 15) is 14.4 Å². The number of rotatable bonds is 5. The van der Waals surface area contributed by atoms with Gasteiger partial charge in [0.1, 0.15) is 12.2 Å². The molecule has 38 heavy (non-hydrogen) atoms. The Morgan fingerprint density at radius 2 is 1.76 bits per heavy atom. The van der Waals surface area contributed by atoms with Crippen LogP contribution < -0.4 is 5.73 Å². The molecule has 5 unspecified atom stereocenters. The molecular formula is C29H48ClN3O5. The zero-order valence-electron chi connectivity index (χ0n) is 23.7. The number of amides is 1. The lowest BCUT2D eigenvalue weighted by atomic mass is 9.42. The zero-order valence-corrected chi connectivity index (χ0v) is 24.5. The van der Waals surface area contributed by atoms with Crippen molar-refractivity contribution in [1.29, 1.82) is 0 Å². The first-order valence-corrected chi connectivity index (χ1v) is 14.6. The predicted octanol–water partition coefficient (Wildman–Crippen LogP) is 4.09. The van der Waals surface area contributed by atoms with Gasteiger partial charge in [0.2, 0.25) is 5.91 Å². The summed E-state index contributed by atoms with van der Waals surface area (Å²) in [5, 5.41) is 3.88. The van der Waals surface area contributed by atoms with Crippen molar-refractivity contribution < 1.29 is 23.9 Å². The van der Waals surface area contributed by atoms with Gasteiger partial charge in [-0.2, -0.15) is 0 Å². The lowest BCUT2D eigenvalue weighted by Crippen LogP contribution is -2.67. The van der Waals surface area contributed by atoms with Gasteiger partial charge in [0.15, 0.2) is 0 Å². The largest absolute Gasteiger partial charge is 0.465 e. The van der Waals surface area contributed by atoms with Crippen molar-refractivity contribution in [3.05, 3.63) is 0 Å². The molecule has 1 aliphatic heterocycles. The minimum Gasteiger partial charge on any atom is -0.465 e. The smallest absolute Gasteiger partial charge is 0.302 e. The minimum atomic E-state index is -0.330. The Morgan fingerprint density at radius 3 is 2.47 bits per heavy atom. The van der Waals surface area contributed by atoms with Gasteiger partial charge in [-0.05, 0) is 99.2 Å². The number of hydrogen-bond acceptors (Lipinski definition) is 7. The van der Waals surface area contributed by atoms with Crippen LogP contribution in [0.3, 0.4) is 0 Å². The number of piperidine rings is 1. The van der Waals surface area contributed by atoms with Gasteiger partial charge in [-0.3, -0.25) is 19.4 Å². The second kappa shape index (κ2) is 10.9. The summed E-state index contributed by atoms with van der Waals surface area (Å²) in [5.74, 6) is 1.40. The Morgan fingerprint density at radius 1 is 1.00 bits per heavy atom. The summed E-state index contributed by atoms with van der Waals surface area (Å²) >= 11 is 0. The van der Waals surface area contributed by atoms with E-state index in [1.165, 1.54) is 6.92 Å². The summed E-state index contributed by atoms with van der Waals surface area (Å²) in [5.41, 5.74) is 7.17. The molecule has 0 aromatic carbocycles. The molecule has 8 nitrogen and oxygen atoms in total. The molecule has 9 atom stereocenters.